The molecule has 0 spiro atoms. The average molecular weight is 270 g/mol. The monoisotopic (exact) mass is 270 g/mol. The minimum Gasteiger partial charge on any atom is -0.339 e. The molecule has 0 radical (unpaired) electrons. The first kappa shape index (κ1) is 15.8. The number of amides is 3. The van der Waals surface area contributed by atoms with Crippen molar-refractivity contribution in [3.63, 3.8) is 0 Å². The van der Waals surface area contributed by atoms with Crippen molar-refractivity contribution < 1.29 is 9.59 Å². The second kappa shape index (κ2) is 6.75. The van der Waals surface area contributed by atoms with Gasteiger partial charge in [0.15, 0.2) is 0 Å². The summed E-state index contributed by atoms with van der Waals surface area (Å²) < 4.78 is 0. The Kier molecular flexibility index (Phi) is 5.60. The summed E-state index contributed by atoms with van der Waals surface area (Å²) in [4.78, 5) is 29.0. The van der Waals surface area contributed by atoms with Crippen LogP contribution in [0.2, 0.25) is 0 Å². The lowest BCUT2D eigenvalue weighted by molar-refractivity contribution is -0.133. The molecule has 0 aromatic heterocycles. The maximum Gasteiger partial charge on any atom is 0.319 e. The summed E-state index contributed by atoms with van der Waals surface area (Å²) in [6, 6.07) is -0.0834. The zero-order valence-electron chi connectivity index (χ0n) is 12.4. The predicted molar refractivity (Wildman–Crippen MR) is 74.7 cm³/mol. The van der Waals surface area contributed by atoms with Crippen LogP contribution in [0.4, 0.5) is 4.79 Å². The average Bonchev–Trinajstić information content (AvgIpc) is 2.37. The van der Waals surface area contributed by atoms with Gasteiger partial charge in [-0.1, -0.05) is 13.8 Å². The molecule has 6 heteroatoms. The molecule has 110 valence electrons. The van der Waals surface area contributed by atoms with Gasteiger partial charge in [0.2, 0.25) is 5.91 Å². The van der Waals surface area contributed by atoms with E-state index < -0.39 is 0 Å². The zero-order chi connectivity index (χ0) is 14.6. The molecule has 0 aromatic rings. The Bertz CT molecular complexity index is 323. The highest BCUT2D eigenvalue weighted by Crippen LogP contribution is 2.09. The van der Waals surface area contributed by atoms with E-state index in [-0.39, 0.29) is 18.0 Å². The Morgan fingerprint density at radius 1 is 1.11 bits per heavy atom. The van der Waals surface area contributed by atoms with Crippen molar-refractivity contribution in [1.29, 1.82) is 0 Å². The van der Waals surface area contributed by atoms with Gasteiger partial charge < -0.3 is 20.4 Å². The molecule has 1 unspecified atom stereocenters. The molecule has 6 nitrogen and oxygen atoms in total. The quantitative estimate of drug-likeness (QED) is 0.795. The fourth-order valence-electron chi connectivity index (χ4n) is 2.00. The molecule has 1 fully saturated rings. The molecule has 0 aliphatic carbocycles. The van der Waals surface area contributed by atoms with Crippen LogP contribution in [0.5, 0.6) is 0 Å². The standard InChI is InChI=1S/C13H26N4O2/c1-10(2)11(14)9-12(18)16-5-7-17(8-6-16)13(19)15(3)4/h10-11H,5-9,14H2,1-4H3. The summed E-state index contributed by atoms with van der Waals surface area (Å²) in [5.41, 5.74) is 5.92. The maximum absolute atomic E-state index is 12.1. The SMILES string of the molecule is CC(C)C(N)CC(=O)N1CCN(C(=O)N(C)C)CC1. The van der Waals surface area contributed by atoms with Crippen molar-refractivity contribution in [2.24, 2.45) is 11.7 Å². The minimum atomic E-state index is -0.0889. The molecule has 0 saturated carbocycles. The van der Waals surface area contributed by atoms with Crippen molar-refractivity contribution in [2.75, 3.05) is 40.3 Å². The molecule has 1 rings (SSSR count). The molecule has 1 heterocycles. The molecule has 3 amide bonds. The lowest BCUT2D eigenvalue weighted by atomic mass is 10.0. The second-order valence-electron chi connectivity index (χ2n) is 5.66. The smallest absolute Gasteiger partial charge is 0.319 e. The fraction of sp³-hybridized carbons (Fsp3) is 0.846. The van der Waals surface area contributed by atoms with Crippen LogP contribution in [0.15, 0.2) is 0 Å². The molecule has 2 N–H and O–H groups in total. The van der Waals surface area contributed by atoms with Gasteiger partial charge in [0, 0.05) is 52.7 Å². The van der Waals surface area contributed by atoms with Crippen molar-refractivity contribution in [3.05, 3.63) is 0 Å². The van der Waals surface area contributed by atoms with Crippen molar-refractivity contribution in [1.82, 2.24) is 14.7 Å². The third-order valence-electron chi connectivity index (χ3n) is 3.55. The third kappa shape index (κ3) is 4.38. The molecular formula is C13H26N4O2. The van der Waals surface area contributed by atoms with E-state index in [4.69, 9.17) is 5.73 Å². The molecule has 1 saturated heterocycles. The Hall–Kier alpha value is -1.30. The third-order valence-corrected chi connectivity index (χ3v) is 3.55. The first-order valence-corrected chi connectivity index (χ1v) is 6.82. The van der Waals surface area contributed by atoms with E-state index in [0.29, 0.717) is 38.5 Å². The summed E-state index contributed by atoms with van der Waals surface area (Å²) in [6.07, 6.45) is 0.388. The number of piperazine rings is 1. The Balaban J connectivity index is 2.41. The number of nitrogens with zero attached hydrogens (tertiary/aromatic N) is 3. The number of hydrogen-bond acceptors (Lipinski definition) is 3. The molecule has 1 aliphatic rings. The van der Waals surface area contributed by atoms with Crippen molar-refractivity contribution in [3.8, 4) is 0 Å². The van der Waals surface area contributed by atoms with Crippen molar-refractivity contribution in [2.45, 2.75) is 26.3 Å². The predicted octanol–water partition coefficient (Wildman–Crippen LogP) is 0.186. The summed E-state index contributed by atoms with van der Waals surface area (Å²) >= 11 is 0. The Labute approximate surface area is 115 Å². The number of nitrogens with two attached hydrogens (primary N) is 1. The van der Waals surface area contributed by atoms with E-state index in [9.17, 15) is 9.59 Å². The molecule has 1 aliphatic heterocycles. The van der Waals surface area contributed by atoms with Gasteiger partial charge in [0.1, 0.15) is 0 Å². The van der Waals surface area contributed by atoms with Gasteiger partial charge in [-0.15, -0.1) is 0 Å². The normalized spacial score (nSPS) is 17.6. The zero-order valence-corrected chi connectivity index (χ0v) is 12.4. The number of hydrogen-bond donors (Lipinski definition) is 1. The van der Waals surface area contributed by atoms with Crippen LogP contribution in [0.1, 0.15) is 20.3 Å². The largest absolute Gasteiger partial charge is 0.339 e. The molecule has 1 atom stereocenters. The van der Waals surface area contributed by atoms with Crippen LogP contribution in [0.25, 0.3) is 0 Å². The summed E-state index contributed by atoms with van der Waals surface area (Å²) in [7, 11) is 3.48. The number of urea groups is 1. The number of carbonyl (C=O) groups is 2. The van der Waals surface area contributed by atoms with Crippen LogP contribution in [-0.2, 0) is 4.79 Å². The van der Waals surface area contributed by atoms with Crippen molar-refractivity contribution >= 4 is 11.9 Å². The number of rotatable bonds is 3. The molecule has 19 heavy (non-hydrogen) atoms. The Morgan fingerprint density at radius 3 is 2.00 bits per heavy atom. The van der Waals surface area contributed by atoms with E-state index in [2.05, 4.69) is 0 Å². The Morgan fingerprint density at radius 2 is 1.58 bits per heavy atom. The van der Waals surface area contributed by atoms with E-state index in [1.807, 2.05) is 18.7 Å². The highest BCUT2D eigenvalue weighted by molar-refractivity contribution is 5.78. The topological polar surface area (TPSA) is 69.9 Å². The van der Waals surface area contributed by atoms with Crippen LogP contribution in [0.3, 0.4) is 0 Å². The van der Waals surface area contributed by atoms with Gasteiger partial charge in [-0.25, -0.2) is 4.79 Å². The van der Waals surface area contributed by atoms with Gasteiger partial charge >= 0.3 is 6.03 Å². The lowest BCUT2D eigenvalue weighted by Gasteiger charge is -2.36. The molecular weight excluding hydrogens is 244 g/mol. The first-order valence-electron chi connectivity index (χ1n) is 6.82. The fourth-order valence-corrected chi connectivity index (χ4v) is 2.00. The highest BCUT2D eigenvalue weighted by atomic mass is 16.2. The highest BCUT2D eigenvalue weighted by Gasteiger charge is 2.26. The number of carbonyl (C=O) groups excluding carboxylic acids is 2. The van der Waals surface area contributed by atoms with Crippen LogP contribution in [0, 0.1) is 5.92 Å². The molecule has 0 bridgehead atoms. The van der Waals surface area contributed by atoms with Crippen LogP contribution < -0.4 is 5.73 Å². The van der Waals surface area contributed by atoms with Gasteiger partial charge in [0.05, 0.1) is 0 Å². The lowest BCUT2D eigenvalue weighted by Crippen LogP contribution is -2.53. The van der Waals surface area contributed by atoms with Crippen LogP contribution in [-0.4, -0.2) is 73.0 Å². The van der Waals surface area contributed by atoms with Gasteiger partial charge in [-0.3, -0.25) is 4.79 Å². The summed E-state index contributed by atoms with van der Waals surface area (Å²) in [5.74, 6) is 0.402. The van der Waals surface area contributed by atoms with E-state index in [0.717, 1.165) is 0 Å². The summed E-state index contributed by atoms with van der Waals surface area (Å²) in [6.45, 7) is 6.43. The van der Waals surface area contributed by atoms with E-state index in [1.54, 1.807) is 23.9 Å². The van der Waals surface area contributed by atoms with E-state index in [1.165, 1.54) is 0 Å². The van der Waals surface area contributed by atoms with Gasteiger partial charge in [-0.2, -0.15) is 0 Å². The maximum atomic E-state index is 12.1. The van der Waals surface area contributed by atoms with E-state index >= 15 is 0 Å². The summed E-state index contributed by atoms with van der Waals surface area (Å²) in [5, 5.41) is 0. The van der Waals surface area contributed by atoms with Gasteiger partial charge in [-0.05, 0) is 5.92 Å². The van der Waals surface area contributed by atoms with Crippen LogP contribution >= 0.6 is 0 Å². The molecule has 0 aromatic carbocycles. The van der Waals surface area contributed by atoms with Gasteiger partial charge in [0.25, 0.3) is 0 Å². The first-order chi connectivity index (χ1) is 8.82. The second-order valence-corrected chi connectivity index (χ2v) is 5.66. The minimum absolute atomic E-state index is 0.00554.